The maximum absolute atomic E-state index is 11.9. The van der Waals surface area contributed by atoms with Crippen molar-refractivity contribution in [3.05, 3.63) is 29.8 Å². The topological polar surface area (TPSA) is 188 Å². The fourth-order valence-electron chi connectivity index (χ4n) is 2.00. The predicted octanol–water partition coefficient (Wildman–Crippen LogP) is -3.06. The van der Waals surface area contributed by atoms with Crippen molar-refractivity contribution in [2.45, 2.75) is 36.9 Å². The minimum atomic E-state index is -2.22. The van der Waals surface area contributed by atoms with Crippen molar-refractivity contribution in [1.82, 2.24) is 5.32 Å². The van der Waals surface area contributed by atoms with E-state index in [0.717, 1.165) is 0 Å². The summed E-state index contributed by atoms with van der Waals surface area (Å²) in [6, 6.07) is 4.12. The number of nitrogens with one attached hydrogen (secondary N) is 1. The number of aliphatic carboxylic acids is 1. The van der Waals surface area contributed by atoms with Crippen molar-refractivity contribution < 1.29 is 45.3 Å². The summed E-state index contributed by atoms with van der Waals surface area (Å²) in [7, 11) is 0. The summed E-state index contributed by atoms with van der Waals surface area (Å²) in [5.41, 5.74) is 0.483. The van der Waals surface area contributed by atoms with E-state index in [0.29, 0.717) is 5.56 Å². The van der Waals surface area contributed by atoms with Crippen LogP contribution in [0.15, 0.2) is 24.3 Å². The summed E-state index contributed by atoms with van der Waals surface area (Å²) in [5.74, 6) is -2.70. The highest BCUT2D eigenvalue weighted by Crippen LogP contribution is 2.12. The molecule has 8 N–H and O–H groups in total. The lowest BCUT2D eigenvalue weighted by atomic mass is 10.0. The third kappa shape index (κ3) is 5.96. The van der Waals surface area contributed by atoms with Crippen LogP contribution in [0.1, 0.15) is 5.56 Å². The molecule has 0 saturated carbocycles. The lowest BCUT2D eigenvalue weighted by Crippen LogP contribution is -2.54. The first-order valence-electron chi connectivity index (χ1n) is 7.31. The average molecular weight is 359 g/mol. The van der Waals surface area contributed by atoms with E-state index in [4.69, 9.17) is 10.2 Å². The number of carbonyl (C=O) groups excluding carboxylic acids is 1. The van der Waals surface area contributed by atoms with Crippen LogP contribution in [0.3, 0.4) is 0 Å². The predicted molar refractivity (Wildman–Crippen MR) is 82.5 cm³/mol. The van der Waals surface area contributed by atoms with Crippen molar-refractivity contribution in [3.63, 3.8) is 0 Å². The Kier molecular flexibility index (Phi) is 7.74. The number of benzene rings is 1. The van der Waals surface area contributed by atoms with E-state index in [2.05, 4.69) is 0 Å². The Bertz CT molecular complexity index is 577. The zero-order chi connectivity index (χ0) is 19.1. The third-order valence-corrected chi connectivity index (χ3v) is 3.51. The number of aromatic hydroxyl groups is 1. The SMILES string of the molecule is O=C(O)[C@H](Cc1ccc(O)cc1)NC(=O)[C@H](O)[C@@H](O)[C@H](O)[C@H](O)CO. The molecule has 0 heterocycles. The molecular weight excluding hydrogens is 338 g/mol. The van der Waals surface area contributed by atoms with Gasteiger partial charge in [-0.1, -0.05) is 12.1 Å². The summed E-state index contributed by atoms with van der Waals surface area (Å²) in [5, 5.41) is 67.0. The highest BCUT2D eigenvalue weighted by atomic mass is 16.4. The van der Waals surface area contributed by atoms with Gasteiger partial charge in [-0.25, -0.2) is 4.79 Å². The molecule has 5 atom stereocenters. The minimum absolute atomic E-state index is 0.0189. The quantitative estimate of drug-likeness (QED) is 0.226. The second-order valence-corrected chi connectivity index (χ2v) is 5.45. The molecule has 0 fully saturated rings. The first kappa shape index (κ1) is 20.8. The van der Waals surface area contributed by atoms with Gasteiger partial charge in [0.1, 0.15) is 30.1 Å². The van der Waals surface area contributed by atoms with Crippen LogP contribution >= 0.6 is 0 Å². The van der Waals surface area contributed by atoms with Gasteiger partial charge in [-0.2, -0.15) is 0 Å². The Morgan fingerprint density at radius 2 is 1.56 bits per heavy atom. The Morgan fingerprint density at radius 1 is 1.00 bits per heavy atom. The van der Waals surface area contributed by atoms with E-state index in [-0.39, 0.29) is 12.2 Å². The molecule has 0 aromatic heterocycles. The van der Waals surface area contributed by atoms with Crippen LogP contribution in [-0.4, -0.2) is 84.7 Å². The fraction of sp³-hybridized carbons (Fsp3) is 0.467. The standard InChI is InChI=1S/C15H21NO9/c17-6-10(19)11(20)12(21)13(22)14(23)16-9(15(24)25)5-7-1-3-8(18)4-2-7/h1-4,9-13,17-22H,5-6H2,(H,16,23)(H,24,25)/t9-,10+,11+,12-,13+/m0/s1. The van der Waals surface area contributed by atoms with Gasteiger partial charge < -0.3 is 41.1 Å². The van der Waals surface area contributed by atoms with Gasteiger partial charge in [0, 0.05) is 6.42 Å². The molecule has 0 spiro atoms. The van der Waals surface area contributed by atoms with Crippen LogP contribution in [0.5, 0.6) is 5.75 Å². The Hall–Kier alpha value is -2.24. The van der Waals surface area contributed by atoms with Gasteiger partial charge in [0.2, 0.25) is 0 Å². The van der Waals surface area contributed by atoms with Gasteiger partial charge >= 0.3 is 5.97 Å². The van der Waals surface area contributed by atoms with Crippen molar-refractivity contribution in [2.75, 3.05) is 6.61 Å². The summed E-state index contributed by atoms with van der Waals surface area (Å²) >= 11 is 0. The van der Waals surface area contributed by atoms with Gasteiger partial charge in [0.05, 0.1) is 6.61 Å². The largest absolute Gasteiger partial charge is 0.508 e. The number of aliphatic hydroxyl groups excluding tert-OH is 5. The zero-order valence-electron chi connectivity index (χ0n) is 13.1. The minimum Gasteiger partial charge on any atom is -0.508 e. The molecule has 0 aliphatic rings. The van der Waals surface area contributed by atoms with E-state index in [1.807, 2.05) is 5.32 Å². The van der Waals surface area contributed by atoms with Crippen molar-refractivity contribution >= 4 is 11.9 Å². The van der Waals surface area contributed by atoms with Crippen molar-refractivity contribution in [1.29, 1.82) is 0 Å². The van der Waals surface area contributed by atoms with E-state index in [1.54, 1.807) is 0 Å². The second kappa shape index (κ2) is 9.30. The van der Waals surface area contributed by atoms with E-state index < -0.39 is 48.9 Å². The average Bonchev–Trinajstić information content (AvgIpc) is 2.59. The molecule has 0 saturated heterocycles. The molecule has 1 rings (SSSR count). The van der Waals surface area contributed by atoms with E-state index in [9.17, 15) is 35.1 Å². The molecule has 0 aliphatic heterocycles. The van der Waals surface area contributed by atoms with E-state index >= 15 is 0 Å². The normalized spacial score (nSPS) is 17.2. The molecular formula is C15H21NO9. The Labute approximate surface area is 142 Å². The van der Waals surface area contributed by atoms with Crippen LogP contribution < -0.4 is 5.32 Å². The van der Waals surface area contributed by atoms with Crippen LogP contribution in [-0.2, 0) is 16.0 Å². The first-order chi connectivity index (χ1) is 11.7. The molecule has 10 heteroatoms. The maximum atomic E-state index is 11.9. The smallest absolute Gasteiger partial charge is 0.326 e. The molecule has 0 radical (unpaired) electrons. The Morgan fingerprint density at radius 3 is 2.04 bits per heavy atom. The van der Waals surface area contributed by atoms with Crippen molar-refractivity contribution in [3.8, 4) is 5.75 Å². The van der Waals surface area contributed by atoms with Gasteiger partial charge in [0.25, 0.3) is 5.91 Å². The summed E-state index contributed by atoms with van der Waals surface area (Å²) in [4.78, 5) is 23.1. The van der Waals surface area contributed by atoms with Gasteiger partial charge in [-0.15, -0.1) is 0 Å². The number of hydrogen-bond acceptors (Lipinski definition) is 8. The Balaban J connectivity index is 2.75. The summed E-state index contributed by atoms with van der Waals surface area (Å²) in [6.07, 6.45) is -8.31. The molecule has 10 nitrogen and oxygen atoms in total. The molecule has 0 bridgehead atoms. The van der Waals surface area contributed by atoms with Crippen LogP contribution in [0.4, 0.5) is 0 Å². The summed E-state index contributed by atoms with van der Waals surface area (Å²) < 4.78 is 0. The number of amides is 1. The number of phenolic OH excluding ortho intramolecular Hbond substituents is 1. The molecule has 0 unspecified atom stereocenters. The molecule has 25 heavy (non-hydrogen) atoms. The lowest BCUT2D eigenvalue weighted by molar-refractivity contribution is -0.152. The highest BCUT2D eigenvalue weighted by Gasteiger charge is 2.35. The number of phenols is 1. The number of carboxylic acid groups (broad SMARTS) is 1. The zero-order valence-corrected chi connectivity index (χ0v) is 13.1. The number of rotatable bonds is 9. The van der Waals surface area contributed by atoms with Crippen molar-refractivity contribution in [2.24, 2.45) is 0 Å². The van der Waals surface area contributed by atoms with Gasteiger partial charge in [0.15, 0.2) is 6.10 Å². The monoisotopic (exact) mass is 359 g/mol. The van der Waals surface area contributed by atoms with Gasteiger partial charge in [-0.3, -0.25) is 4.79 Å². The molecule has 1 aromatic carbocycles. The summed E-state index contributed by atoms with van der Waals surface area (Å²) in [6.45, 7) is -0.912. The fourth-order valence-corrected chi connectivity index (χ4v) is 2.00. The van der Waals surface area contributed by atoms with Crippen LogP contribution in [0.25, 0.3) is 0 Å². The van der Waals surface area contributed by atoms with Crippen LogP contribution in [0.2, 0.25) is 0 Å². The number of aliphatic hydroxyl groups is 5. The van der Waals surface area contributed by atoms with E-state index in [1.165, 1.54) is 24.3 Å². The first-order valence-corrected chi connectivity index (χ1v) is 7.31. The van der Waals surface area contributed by atoms with Gasteiger partial charge in [-0.05, 0) is 17.7 Å². The molecule has 1 amide bonds. The number of hydrogen-bond donors (Lipinski definition) is 8. The maximum Gasteiger partial charge on any atom is 0.326 e. The number of carboxylic acids is 1. The highest BCUT2D eigenvalue weighted by molar-refractivity contribution is 5.86. The van der Waals surface area contributed by atoms with Crippen LogP contribution in [0, 0.1) is 0 Å². The molecule has 0 aliphatic carbocycles. The molecule has 140 valence electrons. The molecule has 1 aromatic rings. The second-order valence-electron chi connectivity index (χ2n) is 5.45. The lowest BCUT2D eigenvalue weighted by Gasteiger charge is -2.26. The third-order valence-electron chi connectivity index (χ3n) is 3.51. The number of carbonyl (C=O) groups is 2.